The van der Waals surface area contributed by atoms with Gasteiger partial charge in [-0.3, -0.25) is 4.79 Å². The summed E-state index contributed by atoms with van der Waals surface area (Å²) in [5.74, 6) is 2.47. The second kappa shape index (κ2) is 9.33. The van der Waals surface area contributed by atoms with Gasteiger partial charge in [-0.15, -0.1) is 12.4 Å². The fourth-order valence-electron chi connectivity index (χ4n) is 4.07. The van der Waals surface area contributed by atoms with Crippen LogP contribution >= 0.6 is 12.4 Å². The number of hydrogen-bond acceptors (Lipinski definition) is 5. The Morgan fingerprint density at radius 3 is 2.35 bits per heavy atom. The zero-order valence-corrected chi connectivity index (χ0v) is 16.5. The Bertz CT molecular complexity index is 587. The second-order valence-corrected chi connectivity index (χ2v) is 6.86. The molecule has 0 radical (unpaired) electrons. The van der Waals surface area contributed by atoms with Gasteiger partial charge in [0.1, 0.15) is 0 Å². The number of rotatable bonds is 6. The summed E-state index contributed by atoms with van der Waals surface area (Å²) >= 11 is 0. The summed E-state index contributed by atoms with van der Waals surface area (Å²) in [5, 5.41) is 6.55. The molecule has 2 aliphatic rings. The fourth-order valence-corrected chi connectivity index (χ4v) is 4.07. The molecule has 0 bridgehead atoms. The monoisotopic (exact) mass is 384 g/mol. The van der Waals surface area contributed by atoms with Crippen molar-refractivity contribution >= 4 is 18.3 Å². The maximum atomic E-state index is 12.5. The molecule has 2 N–H and O–H groups in total. The number of benzene rings is 1. The molecule has 3 rings (SSSR count). The van der Waals surface area contributed by atoms with Gasteiger partial charge in [0, 0.05) is 12.6 Å². The summed E-state index contributed by atoms with van der Waals surface area (Å²) in [6.45, 7) is 0.434. The van der Waals surface area contributed by atoms with E-state index in [1.165, 1.54) is 25.7 Å². The quantitative estimate of drug-likeness (QED) is 0.789. The van der Waals surface area contributed by atoms with Crippen LogP contribution in [0.2, 0.25) is 0 Å². The van der Waals surface area contributed by atoms with Crippen LogP contribution in [-0.2, 0) is 11.3 Å². The van der Waals surface area contributed by atoms with Gasteiger partial charge in [0.2, 0.25) is 11.7 Å². The first-order valence-corrected chi connectivity index (χ1v) is 8.99. The van der Waals surface area contributed by atoms with Crippen molar-refractivity contribution < 1.29 is 19.0 Å². The SMILES string of the molecule is COc1cc(CNC(=O)C2CC3CCCCC3N2)cc(OC)c1OC.Cl. The summed E-state index contributed by atoms with van der Waals surface area (Å²) < 4.78 is 16.0. The molecule has 0 aromatic heterocycles. The van der Waals surface area contributed by atoms with Crippen molar-refractivity contribution in [3.8, 4) is 17.2 Å². The number of fused-ring (bicyclic) bond motifs is 1. The third-order valence-electron chi connectivity index (χ3n) is 5.37. The highest BCUT2D eigenvalue weighted by molar-refractivity contribution is 5.85. The molecular weight excluding hydrogens is 356 g/mol. The summed E-state index contributed by atoms with van der Waals surface area (Å²) in [5.41, 5.74) is 0.915. The third-order valence-corrected chi connectivity index (χ3v) is 5.37. The van der Waals surface area contributed by atoms with Crippen LogP contribution in [0, 0.1) is 5.92 Å². The maximum absolute atomic E-state index is 12.5. The molecule has 1 aromatic carbocycles. The van der Waals surface area contributed by atoms with Gasteiger partial charge in [-0.05, 0) is 42.9 Å². The number of halogens is 1. The average Bonchev–Trinajstić information content (AvgIpc) is 3.09. The van der Waals surface area contributed by atoms with E-state index >= 15 is 0 Å². The number of ether oxygens (including phenoxy) is 3. The minimum Gasteiger partial charge on any atom is -0.493 e. The summed E-state index contributed by atoms with van der Waals surface area (Å²) in [6.07, 6.45) is 5.96. The van der Waals surface area contributed by atoms with Crippen LogP contribution in [0.25, 0.3) is 0 Å². The van der Waals surface area contributed by atoms with Gasteiger partial charge in [-0.25, -0.2) is 0 Å². The predicted molar refractivity (Wildman–Crippen MR) is 102 cm³/mol. The molecule has 146 valence electrons. The van der Waals surface area contributed by atoms with E-state index in [2.05, 4.69) is 10.6 Å². The van der Waals surface area contributed by atoms with Crippen LogP contribution in [0.4, 0.5) is 0 Å². The smallest absolute Gasteiger partial charge is 0.237 e. The van der Waals surface area contributed by atoms with E-state index in [-0.39, 0.29) is 24.4 Å². The van der Waals surface area contributed by atoms with Crippen molar-refractivity contribution in [1.82, 2.24) is 10.6 Å². The van der Waals surface area contributed by atoms with E-state index in [1.807, 2.05) is 12.1 Å². The van der Waals surface area contributed by atoms with Crippen LogP contribution in [0.15, 0.2) is 12.1 Å². The van der Waals surface area contributed by atoms with Gasteiger partial charge >= 0.3 is 0 Å². The minimum atomic E-state index is -0.0739. The Kier molecular flexibility index (Phi) is 7.41. The standard InChI is InChI=1S/C19H28N2O4.ClH/c1-23-16-8-12(9-17(24-2)18(16)25-3)11-20-19(22)15-10-13-6-4-5-7-14(13)21-15;/h8-9,13-15,21H,4-7,10-11H2,1-3H3,(H,20,22);1H. The highest BCUT2D eigenvalue weighted by Gasteiger charge is 2.38. The predicted octanol–water partition coefficient (Wildman–Crippen LogP) is 2.67. The number of nitrogens with one attached hydrogen (secondary N) is 2. The van der Waals surface area contributed by atoms with E-state index in [0.29, 0.717) is 35.8 Å². The Hall–Kier alpha value is -1.66. The Morgan fingerprint density at radius 1 is 1.12 bits per heavy atom. The van der Waals surface area contributed by atoms with E-state index in [1.54, 1.807) is 21.3 Å². The lowest BCUT2D eigenvalue weighted by Gasteiger charge is -2.24. The van der Waals surface area contributed by atoms with Crippen molar-refractivity contribution in [3.05, 3.63) is 17.7 Å². The summed E-state index contributed by atoms with van der Waals surface area (Å²) in [4.78, 5) is 12.5. The van der Waals surface area contributed by atoms with Gasteiger partial charge in [0.25, 0.3) is 0 Å². The second-order valence-electron chi connectivity index (χ2n) is 6.86. The summed E-state index contributed by atoms with van der Waals surface area (Å²) in [7, 11) is 4.75. The van der Waals surface area contributed by atoms with Gasteiger partial charge in [-0.2, -0.15) is 0 Å². The molecular formula is C19H29ClN2O4. The maximum Gasteiger partial charge on any atom is 0.237 e. The number of hydrogen-bond donors (Lipinski definition) is 2. The highest BCUT2D eigenvalue weighted by Crippen LogP contribution is 2.38. The van der Waals surface area contributed by atoms with Crippen LogP contribution in [0.5, 0.6) is 17.2 Å². The zero-order chi connectivity index (χ0) is 17.8. The molecule has 26 heavy (non-hydrogen) atoms. The normalized spacial score (nSPS) is 24.2. The topological polar surface area (TPSA) is 68.8 Å². The van der Waals surface area contributed by atoms with Gasteiger partial charge in [0.15, 0.2) is 11.5 Å². The Morgan fingerprint density at radius 2 is 1.77 bits per heavy atom. The van der Waals surface area contributed by atoms with Gasteiger partial charge in [0.05, 0.1) is 27.4 Å². The molecule has 1 heterocycles. The van der Waals surface area contributed by atoms with E-state index in [0.717, 1.165) is 12.0 Å². The first-order valence-electron chi connectivity index (χ1n) is 8.99. The van der Waals surface area contributed by atoms with Crippen molar-refractivity contribution in [2.45, 2.75) is 50.7 Å². The molecule has 6 nitrogen and oxygen atoms in total. The van der Waals surface area contributed by atoms with Crippen LogP contribution in [-0.4, -0.2) is 39.3 Å². The van der Waals surface area contributed by atoms with Crippen molar-refractivity contribution in [3.63, 3.8) is 0 Å². The van der Waals surface area contributed by atoms with Crippen LogP contribution in [0.3, 0.4) is 0 Å². The van der Waals surface area contributed by atoms with E-state index < -0.39 is 0 Å². The van der Waals surface area contributed by atoms with Crippen LogP contribution in [0.1, 0.15) is 37.7 Å². The van der Waals surface area contributed by atoms with Gasteiger partial charge in [-0.1, -0.05) is 12.8 Å². The van der Waals surface area contributed by atoms with E-state index in [4.69, 9.17) is 14.2 Å². The van der Waals surface area contributed by atoms with E-state index in [9.17, 15) is 4.79 Å². The largest absolute Gasteiger partial charge is 0.493 e. The fraction of sp³-hybridized carbons (Fsp3) is 0.632. The molecule has 1 aliphatic carbocycles. The van der Waals surface area contributed by atoms with Crippen molar-refractivity contribution in [1.29, 1.82) is 0 Å². The molecule has 7 heteroatoms. The molecule has 2 fully saturated rings. The highest BCUT2D eigenvalue weighted by atomic mass is 35.5. The first-order chi connectivity index (χ1) is 12.2. The number of methoxy groups -OCH3 is 3. The lowest BCUT2D eigenvalue weighted by molar-refractivity contribution is -0.123. The van der Waals surface area contributed by atoms with Gasteiger partial charge < -0.3 is 24.8 Å². The first kappa shape index (κ1) is 20.6. The molecule has 1 saturated carbocycles. The summed E-state index contributed by atoms with van der Waals surface area (Å²) in [6, 6.07) is 4.17. The molecule has 1 aromatic rings. The molecule has 3 unspecified atom stereocenters. The molecule has 3 atom stereocenters. The lowest BCUT2D eigenvalue weighted by Crippen LogP contribution is -2.42. The number of amides is 1. The Labute approximate surface area is 161 Å². The zero-order valence-electron chi connectivity index (χ0n) is 15.7. The van der Waals surface area contributed by atoms with Crippen molar-refractivity contribution in [2.75, 3.05) is 21.3 Å². The molecule has 0 spiro atoms. The Balaban J connectivity index is 0.00000243. The average molecular weight is 385 g/mol. The molecule has 1 aliphatic heterocycles. The number of carbonyl (C=O) groups excluding carboxylic acids is 1. The van der Waals surface area contributed by atoms with Crippen LogP contribution < -0.4 is 24.8 Å². The molecule has 1 saturated heterocycles. The number of carbonyl (C=O) groups is 1. The minimum absolute atomic E-state index is 0. The molecule has 1 amide bonds. The van der Waals surface area contributed by atoms with Crippen molar-refractivity contribution in [2.24, 2.45) is 5.92 Å². The lowest BCUT2D eigenvalue weighted by atomic mass is 9.85. The third kappa shape index (κ3) is 4.35.